The Morgan fingerprint density at radius 2 is 1.67 bits per heavy atom. The first-order chi connectivity index (χ1) is 14.4. The number of rotatable bonds is 7. The number of ether oxygens (including phenoxy) is 3. The number of benzene rings is 2. The van der Waals surface area contributed by atoms with Gasteiger partial charge < -0.3 is 19.1 Å². The maximum absolute atomic E-state index is 12.6. The highest BCUT2D eigenvalue weighted by Crippen LogP contribution is 2.35. The van der Waals surface area contributed by atoms with Crippen molar-refractivity contribution >= 4 is 34.8 Å². The lowest BCUT2D eigenvalue weighted by Gasteiger charge is -2.24. The zero-order chi connectivity index (χ0) is 21.7. The molecule has 0 saturated carbocycles. The average Bonchev–Trinajstić information content (AvgIpc) is 2.74. The molecule has 0 aliphatic carbocycles. The summed E-state index contributed by atoms with van der Waals surface area (Å²) in [6, 6.07) is 15.5. The van der Waals surface area contributed by atoms with Crippen LogP contribution in [0.4, 0.5) is 5.69 Å². The summed E-state index contributed by atoms with van der Waals surface area (Å²) in [5.41, 5.74) is 1.23. The third-order valence-electron chi connectivity index (χ3n) is 4.32. The number of carbonyl (C=O) groups excluding carboxylic acids is 1. The molecule has 0 radical (unpaired) electrons. The number of amides is 1. The van der Waals surface area contributed by atoms with Crippen LogP contribution in [0, 0.1) is 0 Å². The normalized spacial score (nSPS) is 10.4. The van der Waals surface area contributed by atoms with E-state index < -0.39 is 0 Å². The van der Waals surface area contributed by atoms with Gasteiger partial charge in [-0.3, -0.25) is 4.79 Å². The molecular formula is C22H20Cl2N2O4. The van der Waals surface area contributed by atoms with Crippen LogP contribution >= 0.6 is 23.2 Å². The summed E-state index contributed by atoms with van der Waals surface area (Å²) in [5, 5.41) is 0.822. The highest BCUT2D eigenvalue weighted by molar-refractivity contribution is 6.30. The molecule has 0 unspecified atom stereocenters. The van der Waals surface area contributed by atoms with Gasteiger partial charge in [0.1, 0.15) is 28.1 Å². The molecule has 8 heteroatoms. The number of hydrogen-bond donors (Lipinski definition) is 0. The number of aromatic nitrogens is 1. The molecule has 0 N–H and O–H groups in total. The first-order valence-corrected chi connectivity index (χ1v) is 9.76. The maximum atomic E-state index is 12.6. The van der Waals surface area contributed by atoms with Crippen molar-refractivity contribution in [2.24, 2.45) is 0 Å². The van der Waals surface area contributed by atoms with Gasteiger partial charge in [-0.25, -0.2) is 0 Å². The summed E-state index contributed by atoms with van der Waals surface area (Å²) in [7, 11) is 3.15. The van der Waals surface area contributed by atoms with Crippen LogP contribution in [-0.2, 0) is 11.3 Å². The third kappa shape index (κ3) is 5.14. The fourth-order valence-corrected chi connectivity index (χ4v) is 3.11. The molecule has 3 rings (SSSR count). The zero-order valence-electron chi connectivity index (χ0n) is 16.7. The molecule has 1 heterocycles. The molecule has 0 bridgehead atoms. The molecule has 156 valence electrons. The highest BCUT2D eigenvalue weighted by Gasteiger charge is 2.21. The minimum absolute atomic E-state index is 0.196. The Morgan fingerprint density at radius 1 is 0.967 bits per heavy atom. The summed E-state index contributed by atoms with van der Waals surface area (Å²) in [4.78, 5) is 18.4. The fraction of sp³-hybridized carbons (Fsp3) is 0.182. The van der Waals surface area contributed by atoms with Gasteiger partial charge in [0.15, 0.2) is 0 Å². The number of hydrogen-bond acceptors (Lipinski definition) is 5. The van der Waals surface area contributed by atoms with Crippen molar-refractivity contribution in [3.63, 3.8) is 0 Å². The van der Waals surface area contributed by atoms with Gasteiger partial charge in [0.25, 0.3) is 0 Å². The average molecular weight is 447 g/mol. The Morgan fingerprint density at radius 3 is 2.30 bits per heavy atom. The van der Waals surface area contributed by atoms with Gasteiger partial charge in [0, 0.05) is 17.5 Å². The van der Waals surface area contributed by atoms with Crippen LogP contribution in [0.5, 0.6) is 23.1 Å². The maximum Gasteiger partial charge on any atom is 0.244 e. The molecular weight excluding hydrogens is 427 g/mol. The number of nitrogens with zero attached hydrogens (tertiary/aromatic N) is 2. The molecule has 0 aliphatic heterocycles. The summed E-state index contributed by atoms with van der Waals surface area (Å²) in [6.07, 6.45) is 0. The smallest absolute Gasteiger partial charge is 0.244 e. The van der Waals surface area contributed by atoms with Crippen molar-refractivity contribution in [2.75, 3.05) is 19.1 Å². The van der Waals surface area contributed by atoms with Crippen molar-refractivity contribution in [3.05, 3.63) is 70.3 Å². The van der Waals surface area contributed by atoms with Crippen molar-refractivity contribution in [2.45, 2.75) is 13.5 Å². The van der Waals surface area contributed by atoms with E-state index in [1.807, 2.05) is 6.07 Å². The SMILES string of the molecule is COc1ccc(OC)c(CN(C(C)=O)c2ccc(Cl)nc2Oc2ccc(Cl)cc2)c1. The van der Waals surface area contributed by atoms with Crippen molar-refractivity contribution in [1.29, 1.82) is 0 Å². The van der Waals surface area contributed by atoms with E-state index in [1.165, 1.54) is 11.8 Å². The number of anilines is 1. The summed E-state index contributed by atoms with van der Waals surface area (Å²) in [5.74, 6) is 1.79. The number of halogens is 2. The summed E-state index contributed by atoms with van der Waals surface area (Å²) < 4.78 is 16.7. The van der Waals surface area contributed by atoms with Crippen LogP contribution in [0.3, 0.4) is 0 Å². The Kier molecular flexibility index (Phi) is 7.03. The van der Waals surface area contributed by atoms with E-state index in [1.54, 1.807) is 62.8 Å². The molecule has 0 spiro atoms. The Bertz CT molecular complexity index is 1040. The topological polar surface area (TPSA) is 60.9 Å². The second kappa shape index (κ2) is 9.69. The molecule has 3 aromatic rings. The van der Waals surface area contributed by atoms with Crippen LogP contribution in [0.1, 0.15) is 12.5 Å². The van der Waals surface area contributed by atoms with Crippen LogP contribution in [0.15, 0.2) is 54.6 Å². The molecule has 0 saturated heterocycles. The third-order valence-corrected chi connectivity index (χ3v) is 4.78. The molecule has 0 atom stereocenters. The number of pyridine rings is 1. The number of carbonyl (C=O) groups is 1. The highest BCUT2D eigenvalue weighted by atomic mass is 35.5. The minimum atomic E-state index is -0.204. The van der Waals surface area contributed by atoms with E-state index in [9.17, 15) is 4.79 Å². The lowest BCUT2D eigenvalue weighted by atomic mass is 10.1. The van der Waals surface area contributed by atoms with E-state index in [4.69, 9.17) is 37.4 Å². The van der Waals surface area contributed by atoms with Crippen LogP contribution in [-0.4, -0.2) is 25.1 Å². The van der Waals surface area contributed by atoms with E-state index in [-0.39, 0.29) is 23.5 Å². The number of methoxy groups -OCH3 is 2. The van der Waals surface area contributed by atoms with Crippen molar-refractivity contribution < 1.29 is 19.0 Å². The van der Waals surface area contributed by atoms with Crippen molar-refractivity contribution in [1.82, 2.24) is 4.98 Å². The van der Waals surface area contributed by atoms with Gasteiger partial charge in [-0.15, -0.1) is 0 Å². The second-order valence-corrected chi connectivity index (χ2v) is 7.12. The molecule has 1 amide bonds. The molecule has 30 heavy (non-hydrogen) atoms. The van der Waals surface area contributed by atoms with Gasteiger partial charge in [0.2, 0.25) is 11.8 Å². The Hall–Kier alpha value is -2.96. The zero-order valence-corrected chi connectivity index (χ0v) is 18.2. The quantitative estimate of drug-likeness (QED) is 0.432. The predicted octanol–water partition coefficient (Wildman–Crippen LogP) is 5.75. The Labute approximate surface area is 184 Å². The Balaban J connectivity index is 2.00. The van der Waals surface area contributed by atoms with Gasteiger partial charge in [0.05, 0.1) is 20.8 Å². The summed E-state index contributed by atoms with van der Waals surface area (Å²) in [6.45, 7) is 1.68. The van der Waals surface area contributed by atoms with E-state index in [0.717, 1.165) is 5.56 Å². The van der Waals surface area contributed by atoms with Crippen LogP contribution in [0.2, 0.25) is 10.2 Å². The molecule has 2 aromatic carbocycles. The van der Waals surface area contributed by atoms with Crippen molar-refractivity contribution in [3.8, 4) is 23.1 Å². The first-order valence-electron chi connectivity index (χ1n) is 9.00. The standard InChI is InChI=1S/C22H20Cl2N2O4/c1-14(27)26(13-15-12-18(28-2)8-10-20(15)29-3)19-9-11-21(24)25-22(19)30-17-6-4-16(23)5-7-17/h4-12H,13H2,1-3H3. The van der Waals surface area contributed by atoms with Gasteiger partial charge in [-0.1, -0.05) is 23.2 Å². The lowest BCUT2D eigenvalue weighted by Crippen LogP contribution is -2.28. The van der Waals surface area contributed by atoms with Gasteiger partial charge in [-0.05, 0) is 54.6 Å². The summed E-state index contributed by atoms with van der Waals surface area (Å²) >= 11 is 12.0. The van der Waals surface area contributed by atoms with Gasteiger partial charge in [-0.2, -0.15) is 4.98 Å². The molecule has 0 fully saturated rings. The minimum Gasteiger partial charge on any atom is -0.497 e. The largest absolute Gasteiger partial charge is 0.497 e. The first kappa shape index (κ1) is 21.7. The van der Waals surface area contributed by atoms with Crippen LogP contribution in [0.25, 0.3) is 0 Å². The lowest BCUT2D eigenvalue weighted by molar-refractivity contribution is -0.116. The van der Waals surface area contributed by atoms with Gasteiger partial charge >= 0.3 is 0 Å². The van der Waals surface area contributed by atoms with E-state index in [2.05, 4.69) is 4.98 Å². The molecule has 0 aliphatic rings. The predicted molar refractivity (Wildman–Crippen MR) is 117 cm³/mol. The monoisotopic (exact) mass is 446 g/mol. The van der Waals surface area contributed by atoms with E-state index >= 15 is 0 Å². The fourth-order valence-electron chi connectivity index (χ4n) is 2.85. The van der Waals surface area contributed by atoms with E-state index in [0.29, 0.717) is 28.0 Å². The second-order valence-electron chi connectivity index (χ2n) is 6.30. The van der Waals surface area contributed by atoms with Crippen LogP contribution < -0.4 is 19.1 Å². The molecule has 1 aromatic heterocycles. The molecule has 6 nitrogen and oxygen atoms in total.